The zero-order valence-electron chi connectivity index (χ0n) is 11.2. The molecule has 2 aromatic carbocycles. The van der Waals surface area contributed by atoms with Gasteiger partial charge in [0.2, 0.25) is 0 Å². The minimum absolute atomic E-state index is 0.0111. The van der Waals surface area contributed by atoms with E-state index in [1.165, 1.54) is 0 Å². The second-order valence-corrected chi connectivity index (χ2v) is 5.56. The first-order chi connectivity index (χ1) is 10.1. The van der Waals surface area contributed by atoms with Crippen LogP contribution in [0.15, 0.2) is 48.7 Å². The normalized spacial score (nSPS) is 10.8. The summed E-state index contributed by atoms with van der Waals surface area (Å²) in [6.07, 6.45) is 1.71. The molecule has 0 bridgehead atoms. The SMILES string of the molecule is CC(=O)c1ccc2nccc(-c3c(Cl)cccc3Cl)c2c1. The highest BCUT2D eigenvalue weighted by molar-refractivity contribution is 6.39. The minimum atomic E-state index is 0.0111. The van der Waals surface area contributed by atoms with Gasteiger partial charge in [0.25, 0.3) is 0 Å². The Hall–Kier alpha value is -1.90. The molecule has 0 atom stereocenters. The largest absolute Gasteiger partial charge is 0.295 e. The monoisotopic (exact) mass is 315 g/mol. The Morgan fingerprint density at radius 3 is 2.43 bits per heavy atom. The van der Waals surface area contributed by atoms with Gasteiger partial charge in [-0.15, -0.1) is 0 Å². The quantitative estimate of drug-likeness (QED) is 0.592. The number of carbonyl (C=O) groups is 1. The zero-order valence-corrected chi connectivity index (χ0v) is 12.7. The van der Waals surface area contributed by atoms with E-state index in [1.807, 2.05) is 18.2 Å². The molecule has 1 heterocycles. The number of hydrogen-bond acceptors (Lipinski definition) is 2. The van der Waals surface area contributed by atoms with Crippen molar-refractivity contribution in [2.75, 3.05) is 0 Å². The predicted molar refractivity (Wildman–Crippen MR) is 87.2 cm³/mol. The van der Waals surface area contributed by atoms with Crippen molar-refractivity contribution in [3.63, 3.8) is 0 Å². The van der Waals surface area contributed by atoms with E-state index in [4.69, 9.17) is 23.2 Å². The lowest BCUT2D eigenvalue weighted by Crippen LogP contribution is -1.93. The van der Waals surface area contributed by atoms with E-state index < -0.39 is 0 Å². The van der Waals surface area contributed by atoms with Crippen molar-refractivity contribution in [1.82, 2.24) is 4.98 Å². The van der Waals surface area contributed by atoms with Crippen molar-refractivity contribution in [3.05, 3.63) is 64.3 Å². The number of nitrogens with zero attached hydrogens (tertiary/aromatic N) is 1. The molecule has 3 aromatic rings. The van der Waals surface area contributed by atoms with Gasteiger partial charge in [-0.1, -0.05) is 29.3 Å². The van der Waals surface area contributed by atoms with Crippen LogP contribution in [0.3, 0.4) is 0 Å². The van der Waals surface area contributed by atoms with Gasteiger partial charge in [0, 0.05) is 32.8 Å². The maximum Gasteiger partial charge on any atom is 0.159 e. The standard InChI is InChI=1S/C17H11Cl2NO/c1-10(21)11-5-6-16-13(9-11)12(7-8-20-16)17-14(18)3-2-4-15(17)19/h2-9H,1H3. The van der Waals surface area contributed by atoms with Crippen molar-refractivity contribution < 1.29 is 4.79 Å². The van der Waals surface area contributed by atoms with Crippen molar-refractivity contribution in [1.29, 1.82) is 0 Å². The number of ketones is 1. The summed E-state index contributed by atoms with van der Waals surface area (Å²) in [6, 6.07) is 12.7. The Morgan fingerprint density at radius 2 is 1.76 bits per heavy atom. The van der Waals surface area contributed by atoms with Gasteiger partial charge in [0.1, 0.15) is 0 Å². The van der Waals surface area contributed by atoms with Crippen LogP contribution in [-0.4, -0.2) is 10.8 Å². The first-order valence-electron chi connectivity index (χ1n) is 6.42. The molecule has 0 radical (unpaired) electrons. The van der Waals surface area contributed by atoms with Crippen molar-refractivity contribution >= 4 is 39.9 Å². The van der Waals surface area contributed by atoms with E-state index in [9.17, 15) is 4.79 Å². The average molecular weight is 316 g/mol. The Balaban J connectivity index is 2.37. The minimum Gasteiger partial charge on any atom is -0.295 e. The van der Waals surface area contributed by atoms with E-state index in [-0.39, 0.29) is 5.78 Å². The van der Waals surface area contributed by atoms with Gasteiger partial charge in [-0.25, -0.2) is 0 Å². The highest BCUT2D eigenvalue weighted by Gasteiger charge is 2.13. The number of halogens is 2. The maximum absolute atomic E-state index is 11.6. The molecule has 0 aliphatic carbocycles. The molecule has 2 nitrogen and oxygen atoms in total. The Morgan fingerprint density at radius 1 is 1.05 bits per heavy atom. The molecule has 0 aliphatic rings. The van der Waals surface area contributed by atoms with Gasteiger partial charge < -0.3 is 0 Å². The van der Waals surface area contributed by atoms with Crippen LogP contribution >= 0.6 is 23.2 Å². The van der Waals surface area contributed by atoms with Gasteiger partial charge in [-0.3, -0.25) is 9.78 Å². The molecule has 0 N–H and O–H groups in total. The summed E-state index contributed by atoms with van der Waals surface area (Å²) in [6.45, 7) is 1.54. The number of carbonyl (C=O) groups excluding carboxylic acids is 1. The maximum atomic E-state index is 11.6. The third-order valence-electron chi connectivity index (χ3n) is 3.38. The number of rotatable bonds is 2. The van der Waals surface area contributed by atoms with Gasteiger partial charge in [-0.2, -0.15) is 0 Å². The third-order valence-corrected chi connectivity index (χ3v) is 4.01. The fourth-order valence-electron chi connectivity index (χ4n) is 2.34. The summed E-state index contributed by atoms with van der Waals surface area (Å²) in [5.41, 5.74) is 3.07. The molecule has 0 amide bonds. The highest BCUT2D eigenvalue weighted by Crippen LogP contribution is 2.38. The topological polar surface area (TPSA) is 30.0 Å². The van der Waals surface area contributed by atoms with Crippen LogP contribution in [0.4, 0.5) is 0 Å². The molecule has 21 heavy (non-hydrogen) atoms. The second-order valence-electron chi connectivity index (χ2n) is 4.74. The van der Waals surface area contributed by atoms with Crippen molar-refractivity contribution in [3.8, 4) is 11.1 Å². The smallest absolute Gasteiger partial charge is 0.159 e. The molecule has 0 spiro atoms. The second kappa shape index (κ2) is 5.47. The van der Waals surface area contributed by atoms with Crippen LogP contribution in [0, 0.1) is 0 Å². The molecule has 104 valence electrons. The summed E-state index contributed by atoms with van der Waals surface area (Å²) in [4.78, 5) is 15.9. The average Bonchev–Trinajstić information content (AvgIpc) is 2.46. The van der Waals surface area contributed by atoms with E-state index in [1.54, 1.807) is 37.4 Å². The molecule has 0 saturated carbocycles. The third kappa shape index (κ3) is 2.53. The van der Waals surface area contributed by atoms with E-state index in [0.717, 1.165) is 22.0 Å². The van der Waals surface area contributed by atoms with Gasteiger partial charge in [0.05, 0.1) is 5.52 Å². The molecule has 0 fully saturated rings. The summed E-state index contributed by atoms with van der Waals surface area (Å²) in [7, 11) is 0. The van der Waals surface area contributed by atoms with Crippen LogP contribution in [0.1, 0.15) is 17.3 Å². The number of benzene rings is 2. The highest BCUT2D eigenvalue weighted by atomic mass is 35.5. The fraction of sp³-hybridized carbons (Fsp3) is 0.0588. The lowest BCUT2D eigenvalue weighted by Gasteiger charge is -2.11. The fourth-order valence-corrected chi connectivity index (χ4v) is 2.94. The first kappa shape index (κ1) is 14.1. The van der Waals surface area contributed by atoms with Crippen molar-refractivity contribution in [2.45, 2.75) is 6.92 Å². The first-order valence-corrected chi connectivity index (χ1v) is 7.17. The van der Waals surface area contributed by atoms with E-state index in [0.29, 0.717) is 15.6 Å². The van der Waals surface area contributed by atoms with Crippen LogP contribution in [-0.2, 0) is 0 Å². The molecule has 4 heteroatoms. The summed E-state index contributed by atoms with van der Waals surface area (Å²) >= 11 is 12.6. The Bertz CT molecular complexity index is 838. The lowest BCUT2D eigenvalue weighted by atomic mass is 9.99. The molecule has 0 unspecified atom stereocenters. The number of aromatic nitrogens is 1. The Labute approximate surface area is 132 Å². The van der Waals surface area contributed by atoms with Crippen LogP contribution in [0.5, 0.6) is 0 Å². The number of Topliss-reactive ketones (excluding diaryl/α,β-unsaturated/α-hetero) is 1. The molecular formula is C17H11Cl2NO. The number of pyridine rings is 1. The van der Waals surface area contributed by atoms with Gasteiger partial charge in [-0.05, 0) is 48.9 Å². The summed E-state index contributed by atoms with van der Waals surface area (Å²) < 4.78 is 0. The molecule has 1 aromatic heterocycles. The molecule has 0 aliphatic heterocycles. The molecular weight excluding hydrogens is 305 g/mol. The zero-order chi connectivity index (χ0) is 15.0. The predicted octanol–water partition coefficient (Wildman–Crippen LogP) is 5.41. The molecule has 0 saturated heterocycles. The number of hydrogen-bond donors (Lipinski definition) is 0. The summed E-state index contributed by atoms with van der Waals surface area (Å²) in [5, 5.41) is 2.01. The lowest BCUT2D eigenvalue weighted by molar-refractivity contribution is 0.101. The van der Waals surface area contributed by atoms with Gasteiger partial charge in [0.15, 0.2) is 5.78 Å². The van der Waals surface area contributed by atoms with E-state index >= 15 is 0 Å². The van der Waals surface area contributed by atoms with Crippen molar-refractivity contribution in [2.24, 2.45) is 0 Å². The summed E-state index contributed by atoms with van der Waals surface area (Å²) in [5.74, 6) is 0.0111. The van der Waals surface area contributed by atoms with Gasteiger partial charge >= 0.3 is 0 Å². The number of fused-ring (bicyclic) bond motifs is 1. The van der Waals surface area contributed by atoms with Crippen LogP contribution in [0.2, 0.25) is 10.0 Å². The Kier molecular flexibility index (Phi) is 3.66. The van der Waals surface area contributed by atoms with E-state index in [2.05, 4.69) is 4.98 Å². The molecule has 3 rings (SSSR count). The van der Waals surface area contributed by atoms with Crippen LogP contribution in [0.25, 0.3) is 22.0 Å². The van der Waals surface area contributed by atoms with Crippen LogP contribution < -0.4 is 0 Å².